The van der Waals surface area contributed by atoms with Crippen molar-refractivity contribution in [1.82, 2.24) is 9.21 Å². The second-order valence-corrected chi connectivity index (χ2v) is 9.45. The van der Waals surface area contributed by atoms with Crippen molar-refractivity contribution in [2.24, 2.45) is 5.41 Å². The normalized spacial score (nSPS) is 18.5. The lowest BCUT2D eigenvalue weighted by Crippen LogP contribution is -2.50. The Hall–Kier alpha value is -0.910. The highest BCUT2D eigenvalue weighted by Crippen LogP contribution is 2.19. The highest BCUT2D eigenvalue weighted by atomic mass is 32.2. The molecule has 0 radical (unpaired) electrons. The molecule has 5 heteroatoms. The topological polar surface area (TPSA) is 40.6 Å². The predicted molar refractivity (Wildman–Crippen MR) is 91.3 cm³/mol. The SMILES string of the molecule is Cc1cccc(CS(=O)(=O)N2CCN(CC(C)(C)C)CC2)c1. The number of hydrogen-bond donors (Lipinski definition) is 0. The van der Waals surface area contributed by atoms with Crippen molar-refractivity contribution in [3.8, 4) is 0 Å². The first-order chi connectivity index (χ1) is 10.2. The molecule has 0 atom stereocenters. The van der Waals surface area contributed by atoms with E-state index in [0.29, 0.717) is 13.1 Å². The molecule has 0 bridgehead atoms. The van der Waals surface area contributed by atoms with Crippen LogP contribution in [-0.4, -0.2) is 50.3 Å². The van der Waals surface area contributed by atoms with Crippen LogP contribution in [0.2, 0.25) is 0 Å². The van der Waals surface area contributed by atoms with E-state index >= 15 is 0 Å². The quantitative estimate of drug-likeness (QED) is 0.854. The van der Waals surface area contributed by atoms with Crippen molar-refractivity contribution in [3.63, 3.8) is 0 Å². The Labute approximate surface area is 135 Å². The molecule has 1 fully saturated rings. The molecule has 0 saturated carbocycles. The lowest BCUT2D eigenvalue weighted by Gasteiger charge is -2.37. The maximum atomic E-state index is 12.6. The van der Waals surface area contributed by atoms with Gasteiger partial charge in [-0.2, -0.15) is 4.31 Å². The van der Waals surface area contributed by atoms with Crippen LogP contribution in [0.4, 0.5) is 0 Å². The van der Waals surface area contributed by atoms with Crippen LogP contribution in [0.15, 0.2) is 24.3 Å². The van der Waals surface area contributed by atoms with Crippen molar-refractivity contribution in [2.45, 2.75) is 33.4 Å². The molecule has 0 unspecified atom stereocenters. The van der Waals surface area contributed by atoms with Crippen LogP contribution in [0.1, 0.15) is 31.9 Å². The summed E-state index contributed by atoms with van der Waals surface area (Å²) in [7, 11) is -3.21. The molecule has 1 aromatic rings. The van der Waals surface area contributed by atoms with Crippen molar-refractivity contribution >= 4 is 10.0 Å². The molecule has 2 rings (SSSR count). The van der Waals surface area contributed by atoms with Gasteiger partial charge >= 0.3 is 0 Å². The Balaban J connectivity index is 1.95. The fourth-order valence-electron chi connectivity index (χ4n) is 2.94. The smallest absolute Gasteiger partial charge is 0.218 e. The molecule has 124 valence electrons. The average molecular weight is 324 g/mol. The van der Waals surface area contributed by atoms with E-state index in [-0.39, 0.29) is 11.2 Å². The molecule has 1 heterocycles. The fraction of sp³-hybridized carbons (Fsp3) is 0.647. The molecule has 1 aliphatic heterocycles. The molecule has 1 aromatic carbocycles. The summed E-state index contributed by atoms with van der Waals surface area (Å²) in [5.41, 5.74) is 2.22. The Kier molecular flexibility index (Phi) is 5.30. The second kappa shape index (κ2) is 6.69. The summed E-state index contributed by atoms with van der Waals surface area (Å²) in [4.78, 5) is 2.36. The van der Waals surface area contributed by atoms with Crippen LogP contribution < -0.4 is 0 Å². The predicted octanol–water partition coefficient (Wildman–Crippen LogP) is 2.49. The van der Waals surface area contributed by atoms with Gasteiger partial charge in [0, 0.05) is 32.7 Å². The van der Waals surface area contributed by atoms with Gasteiger partial charge in [0.2, 0.25) is 10.0 Å². The highest BCUT2D eigenvalue weighted by molar-refractivity contribution is 7.88. The number of nitrogens with zero attached hydrogens (tertiary/aromatic N) is 2. The molecule has 22 heavy (non-hydrogen) atoms. The van der Waals surface area contributed by atoms with Gasteiger partial charge < -0.3 is 4.90 Å². The molecule has 1 saturated heterocycles. The largest absolute Gasteiger partial charge is 0.300 e. The van der Waals surface area contributed by atoms with Crippen LogP contribution in [0.5, 0.6) is 0 Å². The summed E-state index contributed by atoms with van der Waals surface area (Å²) in [6.07, 6.45) is 0. The van der Waals surface area contributed by atoms with Crippen molar-refractivity contribution in [3.05, 3.63) is 35.4 Å². The molecule has 1 aliphatic rings. The van der Waals surface area contributed by atoms with Gasteiger partial charge in [-0.25, -0.2) is 8.42 Å². The number of rotatable bonds is 4. The summed E-state index contributed by atoms with van der Waals surface area (Å²) < 4.78 is 26.8. The summed E-state index contributed by atoms with van der Waals surface area (Å²) >= 11 is 0. The molecular formula is C17H28N2O2S. The van der Waals surface area contributed by atoms with Crippen LogP contribution >= 0.6 is 0 Å². The van der Waals surface area contributed by atoms with Crippen LogP contribution in [-0.2, 0) is 15.8 Å². The van der Waals surface area contributed by atoms with E-state index in [1.807, 2.05) is 31.2 Å². The minimum Gasteiger partial charge on any atom is -0.300 e. The highest BCUT2D eigenvalue weighted by Gasteiger charge is 2.28. The van der Waals surface area contributed by atoms with Gasteiger partial charge in [0.1, 0.15) is 0 Å². The Bertz CT molecular complexity index is 597. The van der Waals surface area contributed by atoms with Crippen LogP contribution in [0.25, 0.3) is 0 Å². The standard InChI is InChI=1S/C17H28N2O2S/c1-15-6-5-7-16(12-15)13-22(20,21)19-10-8-18(9-11-19)14-17(2,3)4/h5-7,12H,8-11,13-14H2,1-4H3. The second-order valence-electron chi connectivity index (χ2n) is 7.48. The zero-order chi connectivity index (χ0) is 16.4. The summed E-state index contributed by atoms with van der Waals surface area (Å²) in [6, 6.07) is 7.75. The summed E-state index contributed by atoms with van der Waals surface area (Å²) in [6.45, 7) is 12.5. The van der Waals surface area contributed by atoms with E-state index in [2.05, 4.69) is 25.7 Å². The zero-order valence-electron chi connectivity index (χ0n) is 14.2. The summed E-state index contributed by atoms with van der Waals surface area (Å²) in [5, 5.41) is 0. The van der Waals surface area contributed by atoms with E-state index in [9.17, 15) is 8.42 Å². The first kappa shape index (κ1) is 17.4. The van der Waals surface area contributed by atoms with E-state index in [0.717, 1.165) is 30.8 Å². The van der Waals surface area contributed by atoms with Crippen molar-refractivity contribution in [2.75, 3.05) is 32.7 Å². The zero-order valence-corrected chi connectivity index (χ0v) is 15.0. The van der Waals surface area contributed by atoms with Gasteiger partial charge in [-0.05, 0) is 17.9 Å². The first-order valence-electron chi connectivity index (χ1n) is 7.91. The van der Waals surface area contributed by atoms with Crippen LogP contribution in [0.3, 0.4) is 0 Å². The number of aryl methyl sites for hydroxylation is 1. The Morgan fingerprint density at radius 2 is 1.73 bits per heavy atom. The summed E-state index contributed by atoms with van der Waals surface area (Å²) in [5.74, 6) is 0.105. The third kappa shape index (κ3) is 5.07. The number of hydrogen-bond acceptors (Lipinski definition) is 3. The maximum absolute atomic E-state index is 12.6. The van der Waals surface area contributed by atoms with E-state index in [1.54, 1.807) is 4.31 Å². The number of piperazine rings is 1. The average Bonchev–Trinajstić information content (AvgIpc) is 2.36. The minimum absolute atomic E-state index is 0.105. The Morgan fingerprint density at radius 1 is 1.09 bits per heavy atom. The molecule has 0 amide bonds. The van der Waals surface area contributed by atoms with Crippen molar-refractivity contribution < 1.29 is 8.42 Å². The van der Waals surface area contributed by atoms with Gasteiger partial charge in [-0.15, -0.1) is 0 Å². The van der Waals surface area contributed by atoms with Crippen LogP contribution in [0, 0.1) is 12.3 Å². The maximum Gasteiger partial charge on any atom is 0.218 e. The first-order valence-corrected chi connectivity index (χ1v) is 9.52. The fourth-order valence-corrected chi connectivity index (χ4v) is 4.44. The Morgan fingerprint density at radius 3 is 2.27 bits per heavy atom. The van der Waals surface area contributed by atoms with Gasteiger partial charge in [0.25, 0.3) is 0 Å². The molecule has 0 aromatic heterocycles. The van der Waals surface area contributed by atoms with Gasteiger partial charge in [-0.3, -0.25) is 0 Å². The van der Waals surface area contributed by atoms with Gasteiger partial charge in [0.05, 0.1) is 5.75 Å². The number of benzene rings is 1. The molecule has 4 nitrogen and oxygen atoms in total. The van der Waals surface area contributed by atoms with E-state index < -0.39 is 10.0 Å². The molecule has 0 N–H and O–H groups in total. The van der Waals surface area contributed by atoms with E-state index in [1.165, 1.54) is 0 Å². The monoisotopic (exact) mass is 324 g/mol. The number of sulfonamides is 1. The van der Waals surface area contributed by atoms with Crippen molar-refractivity contribution in [1.29, 1.82) is 0 Å². The third-order valence-corrected chi connectivity index (χ3v) is 5.70. The van der Waals surface area contributed by atoms with Gasteiger partial charge in [-0.1, -0.05) is 50.6 Å². The molecule has 0 aliphatic carbocycles. The lowest BCUT2D eigenvalue weighted by atomic mass is 9.96. The van der Waals surface area contributed by atoms with E-state index in [4.69, 9.17) is 0 Å². The third-order valence-electron chi connectivity index (χ3n) is 3.85. The van der Waals surface area contributed by atoms with Gasteiger partial charge in [0.15, 0.2) is 0 Å². The molecular weight excluding hydrogens is 296 g/mol. The minimum atomic E-state index is -3.21. The molecule has 0 spiro atoms. The lowest BCUT2D eigenvalue weighted by molar-refractivity contribution is 0.141.